The maximum Gasteiger partial charge on any atom is 0.335 e. The molecule has 0 radical (unpaired) electrons. The van der Waals surface area contributed by atoms with Gasteiger partial charge < -0.3 is 10.1 Å². The van der Waals surface area contributed by atoms with Gasteiger partial charge in [0.05, 0.1) is 12.7 Å². The van der Waals surface area contributed by atoms with Crippen molar-refractivity contribution in [1.82, 2.24) is 10.2 Å². The average Bonchev–Trinajstić information content (AvgIpc) is 3.17. The summed E-state index contributed by atoms with van der Waals surface area (Å²) >= 11 is 0. The molecule has 1 saturated carbocycles. The molecule has 132 valence electrons. The average molecular weight is 330 g/mol. The van der Waals surface area contributed by atoms with Gasteiger partial charge in [0.1, 0.15) is 0 Å². The number of esters is 1. The third kappa shape index (κ3) is 1.66. The zero-order chi connectivity index (χ0) is 16.5. The summed E-state index contributed by atoms with van der Waals surface area (Å²) in [5.41, 5.74) is 2.58. The summed E-state index contributed by atoms with van der Waals surface area (Å²) in [5, 5.41) is 3.90. The fourth-order valence-electron chi connectivity index (χ4n) is 7.43. The first kappa shape index (κ1) is 15.2. The van der Waals surface area contributed by atoms with Crippen LogP contribution in [0, 0.1) is 23.2 Å². The number of hydrogen-bond donors (Lipinski definition) is 1. The van der Waals surface area contributed by atoms with Crippen LogP contribution in [-0.4, -0.2) is 43.2 Å². The molecule has 3 saturated heterocycles. The quantitative estimate of drug-likeness (QED) is 0.791. The Hall–Kier alpha value is -1.03. The maximum absolute atomic E-state index is 12.8. The van der Waals surface area contributed by atoms with Crippen LogP contribution in [0.25, 0.3) is 0 Å². The topological polar surface area (TPSA) is 41.6 Å². The van der Waals surface area contributed by atoms with E-state index in [0.29, 0.717) is 23.9 Å². The van der Waals surface area contributed by atoms with Crippen molar-refractivity contribution in [1.29, 1.82) is 0 Å². The lowest BCUT2D eigenvalue weighted by molar-refractivity contribution is -0.138. The monoisotopic (exact) mass is 330 g/mol. The Balaban J connectivity index is 1.73. The molecule has 0 aromatic rings. The molecule has 0 unspecified atom stereocenters. The van der Waals surface area contributed by atoms with Gasteiger partial charge in [-0.2, -0.15) is 0 Å². The number of nitrogens with one attached hydrogen (secondary N) is 1. The van der Waals surface area contributed by atoms with Crippen molar-refractivity contribution in [3.8, 4) is 0 Å². The molecule has 2 bridgehead atoms. The van der Waals surface area contributed by atoms with Gasteiger partial charge in [0.25, 0.3) is 0 Å². The summed E-state index contributed by atoms with van der Waals surface area (Å²) in [5.74, 6) is 1.70. The van der Waals surface area contributed by atoms with E-state index >= 15 is 0 Å². The molecule has 0 aromatic heterocycles. The van der Waals surface area contributed by atoms with Crippen molar-refractivity contribution >= 4 is 5.97 Å². The van der Waals surface area contributed by atoms with E-state index in [0.717, 1.165) is 17.9 Å². The Morgan fingerprint density at radius 2 is 2.12 bits per heavy atom. The summed E-state index contributed by atoms with van der Waals surface area (Å²) in [4.78, 5) is 15.6. The van der Waals surface area contributed by atoms with Gasteiger partial charge in [-0.05, 0) is 56.5 Å². The van der Waals surface area contributed by atoms with Gasteiger partial charge in [0.15, 0.2) is 0 Å². The highest BCUT2D eigenvalue weighted by molar-refractivity contribution is 5.91. The molecule has 3 heterocycles. The van der Waals surface area contributed by atoms with Gasteiger partial charge in [-0.25, -0.2) is 4.79 Å². The highest BCUT2D eigenvalue weighted by Gasteiger charge is 2.67. The molecule has 4 heteroatoms. The van der Waals surface area contributed by atoms with Crippen molar-refractivity contribution < 1.29 is 9.53 Å². The Bertz CT molecular complexity index is 600. The third-order valence-corrected chi connectivity index (χ3v) is 8.12. The number of carbonyl (C=O) groups excluding carboxylic acids is 1. The third-order valence-electron chi connectivity index (χ3n) is 8.12. The fourth-order valence-corrected chi connectivity index (χ4v) is 7.43. The molecule has 1 N–H and O–H groups in total. The summed E-state index contributed by atoms with van der Waals surface area (Å²) < 4.78 is 5.29. The highest BCUT2D eigenvalue weighted by Crippen LogP contribution is 2.65. The van der Waals surface area contributed by atoms with Crippen molar-refractivity contribution in [2.45, 2.75) is 64.0 Å². The Morgan fingerprint density at radius 1 is 1.29 bits per heavy atom. The lowest BCUT2D eigenvalue weighted by Gasteiger charge is -2.54. The number of ether oxygens (including phenoxy) is 1. The van der Waals surface area contributed by atoms with Crippen LogP contribution >= 0.6 is 0 Å². The predicted molar refractivity (Wildman–Crippen MR) is 92.2 cm³/mol. The molecule has 2 aliphatic carbocycles. The highest BCUT2D eigenvalue weighted by atomic mass is 16.5. The second-order valence-electron chi connectivity index (χ2n) is 8.66. The van der Waals surface area contributed by atoms with Crippen LogP contribution in [0.1, 0.15) is 51.9 Å². The van der Waals surface area contributed by atoms with Crippen LogP contribution in [0.15, 0.2) is 11.3 Å². The van der Waals surface area contributed by atoms with E-state index in [4.69, 9.17) is 4.74 Å². The normalized spacial score (nSPS) is 46.3. The molecule has 4 nitrogen and oxygen atoms in total. The Morgan fingerprint density at radius 3 is 2.92 bits per heavy atom. The van der Waals surface area contributed by atoms with Gasteiger partial charge in [-0.1, -0.05) is 26.2 Å². The molecule has 0 aromatic carbocycles. The second-order valence-corrected chi connectivity index (χ2v) is 8.66. The van der Waals surface area contributed by atoms with Crippen molar-refractivity contribution in [3.63, 3.8) is 0 Å². The standard InChI is InChI=1S/C20H30N2O2/c1-3-12-13-8-10-22-11-9-20(18(12)22)14-6-4-5-7-15(14)21-17(20)16(13)19(23)24-2/h12-15,18,21H,3-11H2,1-2H3/t12-,13+,14-,15+,18-,20-/m1/s1. The summed E-state index contributed by atoms with van der Waals surface area (Å²) in [6, 6.07) is 1.25. The smallest absolute Gasteiger partial charge is 0.335 e. The fraction of sp³-hybridized carbons (Fsp3) is 0.850. The van der Waals surface area contributed by atoms with Crippen molar-refractivity contribution in [3.05, 3.63) is 11.3 Å². The second kappa shape index (κ2) is 5.23. The predicted octanol–water partition coefficient (Wildman–Crippen LogP) is 2.70. The lowest BCUT2D eigenvalue weighted by atomic mass is 9.54. The minimum atomic E-state index is -0.0576. The van der Waals surface area contributed by atoms with E-state index in [1.54, 1.807) is 7.11 Å². The minimum Gasteiger partial charge on any atom is -0.466 e. The molecular weight excluding hydrogens is 300 g/mol. The van der Waals surface area contributed by atoms with E-state index in [2.05, 4.69) is 17.1 Å². The first-order chi connectivity index (χ1) is 11.7. The number of piperidine rings is 1. The number of rotatable bonds is 2. The van der Waals surface area contributed by atoms with Crippen LogP contribution in [0.3, 0.4) is 0 Å². The Labute approximate surface area is 145 Å². The zero-order valence-corrected chi connectivity index (χ0v) is 15.0. The first-order valence-corrected chi connectivity index (χ1v) is 10.1. The van der Waals surface area contributed by atoms with Crippen LogP contribution in [-0.2, 0) is 9.53 Å². The number of fused-ring (bicyclic) bond motifs is 2. The Kier molecular flexibility index (Phi) is 3.32. The van der Waals surface area contributed by atoms with Crippen LogP contribution in [0.5, 0.6) is 0 Å². The van der Waals surface area contributed by atoms with E-state index < -0.39 is 0 Å². The summed E-state index contributed by atoms with van der Waals surface area (Å²) in [6.45, 7) is 4.71. The van der Waals surface area contributed by atoms with Gasteiger partial charge in [-0.15, -0.1) is 0 Å². The largest absolute Gasteiger partial charge is 0.466 e. The zero-order valence-electron chi connectivity index (χ0n) is 15.0. The van der Waals surface area contributed by atoms with Crippen molar-refractivity contribution in [2.75, 3.05) is 20.2 Å². The molecule has 4 fully saturated rings. The summed E-state index contributed by atoms with van der Waals surface area (Å²) in [7, 11) is 1.56. The van der Waals surface area contributed by atoms with Crippen LogP contribution < -0.4 is 5.32 Å². The lowest BCUT2D eigenvalue weighted by Crippen LogP contribution is -2.58. The SMILES string of the molecule is CC[C@@H]1[C@@H]2CCN3CC[C@@]4(C(=C2C(=O)OC)N[C@H]2CCCC[C@H]24)[C@@H]13. The van der Waals surface area contributed by atoms with E-state index in [9.17, 15) is 4.79 Å². The maximum atomic E-state index is 12.8. The van der Waals surface area contributed by atoms with E-state index in [-0.39, 0.29) is 11.4 Å². The number of hydrogen-bond acceptors (Lipinski definition) is 4. The van der Waals surface area contributed by atoms with E-state index in [1.807, 2.05) is 0 Å². The first-order valence-electron chi connectivity index (χ1n) is 10.1. The molecule has 3 aliphatic heterocycles. The molecule has 5 aliphatic rings. The number of nitrogens with zero attached hydrogens (tertiary/aromatic N) is 1. The van der Waals surface area contributed by atoms with Gasteiger partial charge in [0.2, 0.25) is 0 Å². The van der Waals surface area contributed by atoms with Crippen LogP contribution in [0.4, 0.5) is 0 Å². The van der Waals surface area contributed by atoms with Gasteiger partial charge >= 0.3 is 5.97 Å². The van der Waals surface area contributed by atoms with Gasteiger partial charge in [-0.3, -0.25) is 4.90 Å². The van der Waals surface area contributed by atoms with Gasteiger partial charge in [0, 0.05) is 23.2 Å². The van der Waals surface area contributed by atoms with Crippen molar-refractivity contribution in [2.24, 2.45) is 23.2 Å². The van der Waals surface area contributed by atoms with E-state index in [1.165, 1.54) is 57.3 Å². The summed E-state index contributed by atoms with van der Waals surface area (Å²) in [6.07, 6.45) is 8.84. The number of carbonyl (C=O) groups is 1. The molecule has 0 amide bonds. The van der Waals surface area contributed by atoms with Crippen LogP contribution in [0.2, 0.25) is 0 Å². The number of methoxy groups -OCH3 is 1. The minimum absolute atomic E-state index is 0.0576. The molecule has 5 rings (SSSR count). The molecule has 24 heavy (non-hydrogen) atoms. The molecular formula is C20H30N2O2. The molecule has 6 atom stereocenters. The molecule has 1 spiro atoms.